The normalized spacial score (nSPS) is 11.3. The van der Waals surface area contributed by atoms with E-state index in [1.807, 2.05) is 12.1 Å². The van der Waals surface area contributed by atoms with Gasteiger partial charge in [0.25, 0.3) is 0 Å². The lowest BCUT2D eigenvalue weighted by molar-refractivity contribution is 0.669. The molecule has 0 unspecified atom stereocenters. The van der Waals surface area contributed by atoms with E-state index in [1.165, 1.54) is 44.2 Å². The smallest absolute Gasteiger partial charge is 0.135 e. The Morgan fingerprint density at radius 1 is 0.250 bits per heavy atom. The van der Waals surface area contributed by atoms with Gasteiger partial charge in [0.15, 0.2) is 0 Å². The third kappa shape index (κ3) is 6.61. The highest BCUT2D eigenvalue weighted by molar-refractivity contribution is 6.06. The first kappa shape index (κ1) is 35.2. The van der Waals surface area contributed by atoms with Crippen LogP contribution in [0.2, 0.25) is 0 Å². The Morgan fingerprint density at radius 3 is 1.43 bits per heavy atom. The van der Waals surface area contributed by atoms with Crippen molar-refractivity contribution in [2.45, 2.75) is 0 Å². The Hall–Kier alpha value is -7.94. The van der Waals surface area contributed by atoms with Crippen molar-refractivity contribution < 1.29 is 4.42 Å². The van der Waals surface area contributed by atoms with Crippen molar-refractivity contribution in [2.24, 2.45) is 0 Å². The molecule has 0 aliphatic heterocycles. The van der Waals surface area contributed by atoms with E-state index in [9.17, 15) is 0 Å². The van der Waals surface area contributed by atoms with Crippen molar-refractivity contribution in [1.82, 2.24) is 0 Å². The van der Waals surface area contributed by atoms with Crippen LogP contribution in [-0.4, -0.2) is 0 Å². The fraction of sp³-hybridized carbons (Fsp3) is 0. The summed E-state index contributed by atoms with van der Waals surface area (Å²) >= 11 is 0. The zero-order valence-electron chi connectivity index (χ0n) is 32.9. The summed E-state index contributed by atoms with van der Waals surface area (Å²) in [4.78, 5) is 2.36. The summed E-state index contributed by atoms with van der Waals surface area (Å²) in [5, 5.41) is 4.76. The van der Waals surface area contributed by atoms with E-state index in [0.29, 0.717) is 0 Å². The number of hydrogen-bond acceptors (Lipinski definition) is 2. The summed E-state index contributed by atoms with van der Waals surface area (Å²) in [5.74, 6) is 0. The van der Waals surface area contributed by atoms with Crippen LogP contribution in [0.15, 0.2) is 241 Å². The number of furan rings is 1. The van der Waals surface area contributed by atoms with Crippen molar-refractivity contribution in [2.75, 3.05) is 4.90 Å². The molecule has 0 fully saturated rings. The molecule has 0 aliphatic rings. The molecule has 1 heterocycles. The Kier molecular flexibility index (Phi) is 8.87. The van der Waals surface area contributed by atoms with Crippen LogP contribution in [-0.2, 0) is 0 Å². The van der Waals surface area contributed by atoms with Crippen molar-refractivity contribution in [3.8, 4) is 55.6 Å². The Morgan fingerprint density at radius 2 is 0.717 bits per heavy atom. The molecule has 0 saturated heterocycles. The number of benzene rings is 10. The second kappa shape index (κ2) is 15.1. The van der Waals surface area contributed by atoms with Crippen LogP contribution < -0.4 is 4.90 Å². The minimum atomic E-state index is 0.905. The van der Waals surface area contributed by atoms with Gasteiger partial charge in [-0.25, -0.2) is 0 Å². The SMILES string of the molecule is c1ccc(-c2cccc(-c3ccc(N(c4ccc(-c5cccc6ccccc56)cc4)c4cccc(-c5cccc(-c6ccc7oc8ccccc8c7c6)c5)c4)cc3)c2)cc1. The van der Waals surface area contributed by atoms with Gasteiger partial charge in [-0.1, -0.05) is 170 Å². The Balaban J connectivity index is 0.976. The monoisotopic (exact) mass is 765 g/mol. The summed E-state index contributed by atoms with van der Waals surface area (Å²) in [5.41, 5.74) is 16.9. The molecule has 0 amide bonds. The second-order valence-electron chi connectivity index (χ2n) is 15.3. The molecule has 60 heavy (non-hydrogen) atoms. The maximum Gasteiger partial charge on any atom is 0.135 e. The number of hydrogen-bond donors (Lipinski definition) is 0. The molecule has 0 bridgehead atoms. The van der Waals surface area contributed by atoms with Gasteiger partial charge < -0.3 is 9.32 Å². The van der Waals surface area contributed by atoms with Crippen molar-refractivity contribution in [3.05, 3.63) is 237 Å². The molecule has 11 rings (SSSR count). The summed E-state index contributed by atoms with van der Waals surface area (Å²) in [6.07, 6.45) is 0. The predicted molar refractivity (Wildman–Crippen MR) is 253 cm³/mol. The third-order valence-corrected chi connectivity index (χ3v) is 11.7. The standard InChI is InChI=1S/C58H39NO/c1-2-12-40(13-3-1)44-16-8-17-45(36-44)41-26-31-50(32-27-41)59(51-33-28-43(29-34-51)54-24-11-15-42-14-4-5-22-53(42)54)52-21-10-20-48(38-52)46-18-9-19-47(37-46)49-30-35-58-56(39-49)55-23-6-7-25-57(55)60-58/h1-39H. The molecule has 1 aromatic heterocycles. The van der Waals surface area contributed by atoms with E-state index in [-0.39, 0.29) is 0 Å². The van der Waals surface area contributed by atoms with E-state index in [0.717, 1.165) is 61.3 Å². The van der Waals surface area contributed by atoms with Crippen molar-refractivity contribution >= 4 is 49.8 Å². The van der Waals surface area contributed by atoms with E-state index in [1.54, 1.807) is 0 Å². The molecule has 2 heteroatoms. The van der Waals surface area contributed by atoms with Crippen LogP contribution in [0.4, 0.5) is 17.1 Å². The largest absolute Gasteiger partial charge is 0.456 e. The molecular weight excluding hydrogens is 727 g/mol. The average Bonchev–Trinajstić information content (AvgIpc) is 3.70. The highest BCUT2D eigenvalue weighted by atomic mass is 16.3. The highest BCUT2D eigenvalue weighted by Gasteiger charge is 2.16. The molecule has 2 nitrogen and oxygen atoms in total. The van der Waals surface area contributed by atoms with E-state index in [4.69, 9.17) is 4.42 Å². The first-order chi connectivity index (χ1) is 29.7. The molecule has 0 atom stereocenters. The minimum absolute atomic E-state index is 0.905. The zero-order valence-corrected chi connectivity index (χ0v) is 32.9. The summed E-state index contributed by atoms with van der Waals surface area (Å²) in [6, 6.07) is 85.0. The van der Waals surface area contributed by atoms with Gasteiger partial charge in [0.1, 0.15) is 11.2 Å². The molecule has 0 aliphatic carbocycles. The van der Waals surface area contributed by atoms with Crippen LogP contribution in [0.3, 0.4) is 0 Å². The topological polar surface area (TPSA) is 16.4 Å². The average molecular weight is 766 g/mol. The number of fused-ring (bicyclic) bond motifs is 4. The lowest BCUT2D eigenvalue weighted by Gasteiger charge is -2.26. The first-order valence-electron chi connectivity index (χ1n) is 20.5. The Labute approximate surface area is 349 Å². The van der Waals surface area contributed by atoms with Crippen molar-refractivity contribution in [3.63, 3.8) is 0 Å². The molecule has 0 saturated carbocycles. The van der Waals surface area contributed by atoms with Crippen LogP contribution in [0.1, 0.15) is 0 Å². The zero-order chi connectivity index (χ0) is 39.8. The van der Waals surface area contributed by atoms with Gasteiger partial charge in [-0.15, -0.1) is 0 Å². The van der Waals surface area contributed by atoms with Crippen LogP contribution in [0.5, 0.6) is 0 Å². The lowest BCUT2D eigenvalue weighted by Crippen LogP contribution is -2.10. The fourth-order valence-corrected chi connectivity index (χ4v) is 8.63. The van der Waals surface area contributed by atoms with E-state index < -0.39 is 0 Å². The molecule has 10 aromatic carbocycles. The van der Waals surface area contributed by atoms with Gasteiger partial charge in [0.2, 0.25) is 0 Å². The van der Waals surface area contributed by atoms with Gasteiger partial charge in [-0.05, 0) is 133 Å². The first-order valence-corrected chi connectivity index (χ1v) is 20.5. The number of nitrogens with zero attached hydrogens (tertiary/aromatic N) is 1. The van der Waals surface area contributed by atoms with E-state index in [2.05, 4.69) is 229 Å². The van der Waals surface area contributed by atoms with Crippen LogP contribution in [0.25, 0.3) is 88.3 Å². The fourth-order valence-electron chi connectivity index (χ4n) is 8.63. The molecule has 282 valence electrons. The summed E-state index contributed by atoms with van der Waals surface area (Å²) < 4.78 is 6.14. The van der Waals surface area contributed by atoms with Gasteiger partial charge in [0, 0.05) is 27.8 Å². The predicted octanol–water partition coefficient (Wildman–Crippen LogP) is 16.5. The Bertz CT molecular complexity index is 3300. The minimum Gasteiger partial charge on any atom is -0.456 e. The van der Waals surface area contributed by atoms with E-state index >= 15 is 0 Å². The van der Waals surface area contributed by atoms with Gasteiger partial charge in [-0.3, -0.25) is 0 Å². The molecule has 0 spiro atoms. The number of para-hydroxylation sites is 1. The van der Waals surface area contributed by atoms with Gasteiger partial charge >= 0.3 is 0 Å². The maximum atomic E-state index is 6.14. The van der Waals surface area contributed by atoms with Crippen LogP contribution >= 0.6 is 0 Å². The second-order valence-corrected chi connectivity index (χ2v) is 15.3. The van der Waals surface area contributed by atoms with Crippen LogP contribution in [0, 0.1) is 0 Å². The third-order valence-electron chi connectivity index (χ3n) is 11.7. The lowest BCUT2D eigenvalue weighted by atomic mass is 9.97. The summed E-state index contributed by atoms with van der Waals surface area (Å²) in [7, 11) is 0. The quantitative estimate of drug-likeness (QED) is 0.153. The molecule has 11 aromatic rings. The van der Waals surface area contributed by atoms with Crippen molar-refractivity contribution in [1.29, 1.82) is 0 Å². The highest BCUT2D eigenvalue weighted by Crippen LogP contribution is 2.40. The number of rotatable bonds is 8. The number of anilines is 3. The molecular formula is C58H39NO. The van der Waals surface area contributed by atoms with Gasteiger partial charge in [-0.2, -0.15) is 0 Å². The maximum absolute atomic E-state index is 6.14. The summed E-state index contributed by atoms with van der Waals surface area (Å²) in [6.45, 7) is 0. The van der Waals surface area contributed by atoms with Gasteiger partial charge in [0.05, 0.1) is 0 Å². The molecule has 0 radical (unpaired) electrons. The molecule has 0 N–H and O–H groups in total.